The van der Waals surface area contributed by atoms with Gasteiger partial charge in [0.05, 0.1) is 36.5 Å². The molecule has 22 heavy (non-hydrogen) atoms. The molecule has 0 spiro atoms. The number of sulfone groups is 1. The Bertz CT molecular complexity index is 563. The zero-order chi connectivity index (χ0) is 15.6. The zero-order valence-electron chi connectivity index (χ0n) is 12.9. The van der Waals surface area contributed by atoms with Gasteiger partial charge >= 0.3 is 0 Å². The third-order valence-corrected chi connectivity index (χ3v) is 6.70. The molecule has 0 amide bonds. The largest absolute Gasteiger partial charge is 0.468 e. The molecule has 0 bridgehead atoms. The second kappa shape index (κ2) is 6.72. The zero-order valence-corrected chi connectivity index (χ0v) is 13.7. The fourth-order valence-corrected chi connectivity index (χ4v) is 5.60. The highest BCUT2D eigenvalue weighted by molar-refractivity contribution is 7.91. The Hall–Kier alpha value is -0.850. The summed E-state index contributed by atoms with van der Waals surface area (Å²) in [6, 6.07) is 3.43. The van der Waals surface area contributed by atoms with Crippen LogP contribution in [-0.4, -0.2) is 48.6 Å². The highest BCUT2D eigenvalue weighted by atomic mass is 32.2. The summed E-state index contributed by atoms with van der Waals surface area (Å²) in [5.41, 5.74) is 0. The molecule has 1 N–H and O–H groups in total. The first kappa shape index (κ1) is 16.0. The second-order valence-electron chi connectivity index (χ2n) is 6.70. The molecule has 2 atom stereocenters. The average molecular weight is 327 g/mol. The van der Waals surface area contributed by atoms with Crippen LogP contribution in [0.25, 0.3) is 0 Å². The normalized spacial score (nSPS) is 28.6. The molecular weight excluding hydrogens is 302 g/mol. The number of hydrogen-bond acceptors (Lipinski definition) is 5. The van der Waals surface area contributed by atoms with Crippen molar-refractivity contribution < 1.29 is 17.9 Å². The van der Waals surface area contributed by atoms with E-state index in [-0.39, 0.29) is 17.5 Å². The molecule has 1 aliphatic carbocycles. The summed E-state index contributed by atoms with van der Waals surface area (Å²) in [6.45, 7) is 1.39. The molecule has 1 saturated heterocycles. The minimum atomic E-state index is -3.13. The monoisotopic (exact) mass is 327 g/mol. The predicted octanol–water partition coefficient (Wildman–Crippen LogP) is 1.82. The predicted molar refractivity (Wildman–Crippen MR) is 84.1 cm³/mol. The van der Waals surface area contributed by atoms with Crippen molar-refractivity contribution in [2.75, 3.05) is 18.1 Å². The average Bonchev–Trinajstić information content (AvgIpc) is 3.16. The van der Waals surface area contributed by atoms with Crippen molar-refractivity contribution in [2.45, 2.75) is 50.8 Å². The van der Waals surface area contributed by atoms with Crippen molar-refractivity contribution >= 4 is 9.84 Å². The maximum atomic E-state index is 11.8. The summed E-state index contributed by atoms with van der Waals surface area (Å²) in [6.07, 6.45) is 7.09. The smallest absolute Gasteiger partial charge is 0.154 e. The molecule has 2 aliphatic rings. The molecule has 124 valence electrons. The molecule has 2 unspecified atom stereocenters. The Morgan fingerprint density at radius 1 is 1.27 bits per heavy atom. The lowest BCUT2D eigenvalue weighted by atomic mass is 10.0. The van der Waals surface area contributed by atoms with E-state index < -0.39 is 15.9 Å². The van der Waals surface area contributed by atoms with Gasteiger partial charge < -0.3 is 9.52 Å². The highest BCUT2D eigenvalue weighted by Crippen LogP contribution is 2.29. The lowest BCUT2D eigenvalue weighted by Gasteiger charge is -2.30. The molecule has 1 aromatic rings. The van der Waals surface area contributed by atoms with Gasteiger partial charge in [0, 0.05) is 0 Å². The fourth-order valence-electron chi connectivity index (χ4n) is 3.77. The van der Waals surface area contributed by atoms with Crippen molar-refractivity contribution in [3.8, 4) is 0 Å². The van der Waals surface area contributed by atoms with E-state index in [0.29, 0.717) is 6.54 Å². The van der Waals surface area contributed by atoms with Gasteiger partial charge in [-0.15, -0.1) is 0 Å². The van der Waals surface area contributed by atoms with E-state index in [1.165, 1.54) is 25.7 Å². The van der Waals surface area contributed by atoms with Crippen LogP contribution in [0.3, 0.4) is 0 Å². The standard InChI is InChI=1S/C16H25NO4S/c18-16-12-22(19,20)11-15(16)17(10-14-6-3-9-21-14)8-7-13-4-1-2-5-13/h3,6,9,13,15-16,18H,1-2,4-5,7-8,10-12H2. The summed E-state index contributed by atoms with van der Waals surface area (Å²) in [7, 11) is -3.13. The lowest BCUT2D eigenvalue weighted by molar-refractivity contribution is 0.0697. The number of aliphatic hydroxyl groups excluding tert-OH is 1. The van der Waals surface area contributed by atoms with E-state index in [0.717, 1.165) is 24.6 Å². The molecule has 0 radical (unpaired) electrons. The van der Waals surface area contributed by atoms with Crippen molar-refractivity contribution in [3.63, 3.8) is 0 Å². The Labute approximate surface area is 132 Å². The Kier molecular flexibility index (Phi) is 4.90. The molecule has 1 aromatic heterocycles. The third-order valence-electron chi connectivity index (χ3n) is 5.00. The minimum Gasteiger partial charge on any atom is -0.468 e. The van der Waals surface area contributed by atoms with Crippen LogP contribution >= 0.6 is 0 Å². The van der Waals surface area contributed by atoms with Gasteiger partial charge in [0.15, 0.2) is 9.84 Å². The molecule has 2 heterocycles. The van der Waals surface area contributed by atoms with Crippen LogP contribution in [0, 0.1) is 5.92 Å². The molecule has 3 rings (SSSR count). The van der Waals surface area contributed by atoms with E-state index in [9.17, 15) is 13.5 Å². The summed E-state index contributed by atoms with van der Waals surface area (Å²) in [5, 5.41) is 10.2. The Balaban J connectivity index is 1.67. The summed E-state index contributed by atoms with van der Waals surface area (Å²) in [4.78, 5) is 2.10. The van der Waals surface area contributed by atoms with Gasteiger partial charge in [0.2, 0.25) is 0 Å². The van der Waals surface area contributed by atoms with Crippen molar-refractivity contribution in [2.24, 2.45) is 5.92 Å². The number of hydrogen-bond donors (Lipinski definition) is 1. The van der Waals surface area contributed by atoms with Gasteiger partial charge in [-0.1, -0.05) is 25.7 Å². The first-order chi connectivity index (χ1) is 10.5. The first-order valence-corrected chi connectivity index (χ1v) is 10.0. The maximum absolute atomic E-state index is 11.8. The van der Waals surface area contributed by atoms with Crippen LogP contribution in [0.4, 0.5) is 0 Å². The topological polar surface area (TPSA) is 70.8 Å². The summed E-state index contributed by atoms with van der Waals surface area (Å²) < 4.78 is 29.0. The molecule has 1 saturated carbocycles. The Morgan fingerprint density at radius 2 is 2.05 bits per heavy atom. The van der Waals surface area contributed by atoms with Crippen LogP contribution in [-0.2, 0) is 16.4 Å². The number of rotatable bonds is 6. The molecular formula is C16H25NO4S. The van der Waals surface area contributed by atoms with Gasteiger partial charge in [-0.05, 0) is 31.0 Å². The molecule has 2 fully saturated rings. The molecule has 5 nitrogen and oxygen atoms in total. The van der Waals surface area contributed by atoms with E-state index in [1.54, 1.807) is 6.26 Å². The summed E-state index contributed by atoms with van der Waals surface area (Å²) in [5.74, 6) is 1.51. The van der Waals surface area contributed by atoms with Crippen LogP contribution in [0.5, 0.6) is 0 Å². The number of furan rings is 1. The quantitative estimate of drug-likeness (QED) is 0.863. The third kappa shape index (κ3) is 3.91. The van der Waals surface area contributed by atoms with Gasteiger partial charge in [-0.25, -0.2) is 8.42 Å². The number of nitrogens with zero attached hydrogens (tertiary/aromatic N) is 1. The highest BCUT2D eigenvalue weighted by Gasteiger charge is 2.40. The number of aliphatic hydroxyl groups is 1. The minimum absolute atomic E-state index is 0.0551. The maximum Gasteiger partial charge on any atom is 0.154 e. The van der Waals surface area contributed by atoms with Gasteiger partial charge in [-0.3, -0.25) is 4.90 Å². The van der Waals surface area contributed by atoms with Gasteiger partial charge in [0.25, 0.3) is 0 Å². The fraction of sp³-hybridized carbons (Fsp3) is 0.750. The summed E-state index contributed by atoms with van der Waals surface area (Å²) >= 11 is 0. The van der Waals surface area contributed by atoms with Crippen LogP contribution < -0.4 is 0 Å². The van der Waals surface area contributed by atoms with Crippen LogP contribution in [0.1, 0.15) is 37.9 Å². The van der Waals surface area contributed by atoms with Crippen molar-refractivity contribution in [3.05, 3.63) is 24.2 Å². The molecule has 6 heteroatoms. The lowest BCUT2D eigenvalue weighted by Crippen LogP contribution is -2.43. The molecule has 0 aromatic carbocycles. The van der Waals surface area contributed by atoms with E-state index in [1.807, 2.05) is 12.1 Å². The molecule has 1 aliphatic heterocycles. The van der Waals surface area contributed by atoms with Crippen molar-refractivity contribution in [1.29, 1.82) is 0 Å². The van der Waals surface area contributed by atoms with Gasteiger partial charge in [0.1, 0.15) is 5.76 Å². The second-order valence-corrected chi connectivity index (χ2v) is 8.85. The van der Waals surface area contributed by atoms with Gasteiger partial charge in [-0.2, -0.15) is 0 Å². The van der Waals surface area contributed by atoms with Crippen LogP contribution in [0.15, 0.2) is 22.8 Å². The van der Waals surface area contributed by atoms with E-state index >= 15 is 0 Å². The SMILES string of the molecule is O=S1(=O)CC(O)C(N(CCC2CCCC2)Cc2ccco2)C1. The van der Waals surface area contributed by atoms with E-state index in [2.05, 4.69) is 4.90 Å². The first-order valence-electron chi connectivity index (χ1n) is 8.18. The van der Waals surface area contributed by atoms with E-state index in [4.69, 9.17) is 4.42 Å². The Morgan fingerprint density at radius 3 is 2.64 bits per heavy atom. The van der Waals surface area contributed by atoms with Crippen molar-refractivity contribution in [1.82, 2.24) is 4.90 Å². The van der Waals surface area contributed by atoms with Crippen LogP contribution in [0.2, 0.25) is 0 Å².